The first-order valence-electron chi connectivity index (χ1n) is 6.35. The van der Waals surface area contributed by atoms with E-state index in [0.717, 1.165) is 24.4 Å². The molecular weight excluding hydrogens is 256 g/mol. The Morgan fingerprint density at radius 2 is 2.37 bits per heavy atom. The average molecular weight is 272 g/mol. The van der Waals surface area contributed by atoms with Crippen molar-refractivity contribution in [2.45, 2.75) is 19.4 Å². The molecule has 1 atom stereocenters. The van der Waals surface area contributed by atoms with Gasteiger partial charge in [0.2, 0.25) is 0 Å². The number of rotatable bonds is 5. The van der Waals surface area contributed by atoms with Crippen LogP contribution in [0.5, 0.6) is 0 Å². The average Bonchev–Trinajstić information content (AvgIpc) is 3.07. The molecule has 3 heterocycles. The highest BCUT2D eigenvalue weighted by Gasteiger charge is 2.08. The van der Waals surface area contributed by atoms with Crippen molar-refractivity contribution in [1.82, 2.24) is 19.7 Å². The number of imidazole rings is 1. The molecule has 3 aromatic heterocycles. The zero-order valence-corrected chi connectivity index (χ0v) is 11.6. The van der Waals surface area contributed by atoms with Gasteiger partial charge in [-0.25, -0.2) is 9.97 Å². The smallest absolute Gasteiger partial charge is 0.137 e. The molecule has 3 aromatic rings. The number of thiazole rings is 1. The van der Waals surface area contributed by atoms with E-state index in [1.165, 1.54) is 5.01 Å². The summed E-state index contributed by atoms with van der Waals surface area (Å²) in [6.45, 7) is 3.90. The fourth-order valence-corrected chi connectivity index (χ4v) is 2.75. The summed E-state index contributed by atoms with van der Waals surface area (Å²) < 4.78 is 2.04. The Morgan fingerprint density at radius 3 is 3.16 bits per heavy atom. The zero-order chi connectivity index (χ0) is 13.1. The van der Waals surface area contributed by atoms with Crippen molar-refractivity contribution in [3.05, 3.63) is 52.9 Å². The van der Waals surface area contributed by atoms with E-state index in [9.17, 15) is 0 Å². The van der Waals surface area contributed by atoms with Crippen LogP contribution in [0.2, 0.25) is 0 Å². The van der Waals surface area contributed by atoms with Crippen molar-refractivity contribution in [1.29, 1.82) is 0 Å². The Kier molecular flexibility index (Phi) is 3.57. The molecule has 1 N–H and O–H groups in total. The fourth-order valence-electron chi connectivity index (χ4n) is 2.05. The van der Waals surface area contributed by atoms with Gasteiger partial charge in [0.1, 0.15) is 5.65 Å². The van der Waals surface area contributed by atoms with Crippen LogP contribution in [0.3, 0.4) is 0 Å². The first kappa shape index (κ1) is 12.3. The number of aromatic nitrogens is 3. The number of nitrogens with zero attached hydrogens (tertiary/aromatic N) is 3. The summed E-state index contributed by atoms with van der Waals surface area (Å²) >= 11 is 1.71. The molecule has 4 nitrogen and oxygen atoms in total. The molecular formula is C14H16N4S. The van der Waals surface area contributed by atoms with Crippen LogP contribution in [-0.4, -0.2) is 20.9 Å². The first-order chi connectivity index (χ1) is 9.33. The second-order valence-electron chi connectivity index (χ2n) is 4.60. The minimum Gasteiger partial charge on any atom is -0.310 e. The lowest BCUT2D eigenvalue weighted by atomic mass is 10.2. The summed E-state index contributed by atoms with van der Waals surface area (Å²) in [4.78, 5) is 8.90. The Bertz CT molecular complexity index is 611. The molecule has 0 aliphatic carbocycles. The summed E-state index contributed by atoms with van der Waals surface area (Å²) in [5.74, 6) is 0.442. The molecule has 5 heteroatoms. The Morgan fingerprint density at radius 1 is 1.42 bits per heavy atom. The Hall–Kier alpha value is -1.72. The summed E-state index contributed by atoms with van der Waals surface area (Å²) in [5, 5.41) is 6.65. The van der Waals surface area contributed by atoms with Crippen molar-refractivity contribution < 1.29 is 0 Å². The maximum absolute atomic E-state index is 4.56. The first-order valence-corrected chi connectivity index (χ1v) is 7.23. The van der Waals surface area contributed by atoms with Crippen LogP contribution in [0.15, 0.2) is 42.2 Å². The largest absolute Gasteiger partial charge is 0.310 e. The van der Waals surface area contributed by atoms with Crippen LogP contribution in [-0.2, 0) is 6.54 Å². The number of hydrogen-bond acceptors (Lipinski definition) is 4. The van der Waals surface area contributed by atoms with Gasteiger partial charge < -0.3 is 9.72 Å². The van der Waals surface area contributed by atoms with Crippen molar-refractivity contribution in [2.75, 3.05) is 6.54 Å². The summed E-state index contributed by atoms with van der Waals surface area (Å²) in [6, 6.07) is 6.03. The SMILES string of the molecule is CC(CNCc1cn2ccccc2n1)c1nccs1. The van der Waals surface area contributed by atoms with E-state index >= 15 is 0 Å². The van der Waals surface area contributed by atoms with Crippen LogP contribution in [0.1, 0.15) is 23.5 Å². The van der Waals surface area contributed by atoms with E-state index < -0.39 is 0 Å². The van der Waals surface area contributed by atoms with Gasteiger partial charge in [-0.1, -0.05) is 13.0 Å². The molecule has 0 fully saturated rings. The third-order valence-electron chi connectivity index (χ3n) is 3.04. The topological polar surface area (TPSA) is 42.2 Å². The maximum atomic E-state index is 4.56. The minimum atomic E-state index is 0.442. The van der Waals surface area contributed by atoms with Gasteiger partial charge in [0.05, 0.1) is 10.7 Å². The van der Waals surface area contributed by atoms with Crippen LogP contribution >= 0.6 is 11.3 Å². The van der Waals surface area contributed by atoms with Crippen molar-refractivity contribution in [3.63, 3.8) is 0 Å². The fraction of sp³-hybridized carbons (Fsp3) is 0.286. The van der Waals surface area contributed by atoms with Gasteiger partial charge in [0.15, 0.2) is 0 Å². The molecule has 0 saturated carbocycles. The minimum absolute atomic E-state index is 0.442. The van der Waals surface area contributed by atoms with Crippen molar-refractivity contribution in [3.8, 4) is 0 Å². The van der Waals surface area contributed by atoms with Crippen LogP contribution < -0.4 is 5.32 Å². The summed E-state index contributed by atoms with van der Waals surface area (Å²) in [5.41, 5.74) is 2.06. The number of fused-ring (bicyclic) bond motifs is 1. The van der Waals surface area contributed by atoms with Crippen LogP contribution in [0.4, 0.5) is 0 Å². The quantitative estimate of drug-likeness (QED) is 0.776. The molecule has 0 saturated heterocycles. The van der Waals surface area contributed by atoms with Crippen molar-refractivity contribution >= 4 is 17.0 Å². The number of nitrogens with one attached hydrogen (secondary N) is 1. The molecule has 0 bridgehead atoms. The predicted octanol–water partition coefficient (Wildman–Crippen LogP) is 2.68. The second kappa shape index (κ2) is 5.50. The van der Waals surface area contributed by atoms with Gasteiger partial charge in [0, 0.05) is 43.0 Å². The highest BCUT2D eigenvalue weighted by Crippen LogP contribution is 2.16. The maximum Gasteiger partial charge on any atom is 0.137 e. The van der Waals surface area contributed by atoms with Gasteiger partial charge in [-0.3, -0.25) is 0 Å². The Labute approximate surface area is 116 Å². The third-order valence-corrected chi connectivity index (χ3v) is 4.05. The summed E-state index contributed by atoms with van der Waals surface area (Å²) in [7, 11) is 0. The highest BCUT2D eigenvalue weighted by atomic mass is 32.1. The molecule has 98 valence electrons. The van der Waals surface area contributed by atoms with E-state index in [2.05, 4.69) is 28.4 Å². The summed E-state index contributed by atoms with van der Waals surface area (Å²) in [6.07, 6.45) is 5.94. The molecule has 0 aliphatic rings. The van der Waals surface area contributed by atoms with Crippen LogP contribution in [0.25, 0.3) is 5.65 Å². The van der Waals surface area contributed by atoms with Crippen molar-refractivity contribution in [2.24, 2.45) is 0 Å². The van der Waals surface area contributed by atoms with Gasteiger partial charge in [-0.15, -0.1) is 11.3 Å². The standard InChI is InChI=1S/C14H16N4S/c1-11(14-16-5-7-19-14)8-15-9-12-10-18-6-3-2-4-13(18)17-12/h2-7,10-11,15H,8-9H2,1H3. The molecule has 0 aliphatic heterocycles. The predicted molar refractivity (Wildman–Crippen MR) is 77.4 cm³/mol. The number of pyridine rings is 1. The van der Waals surface area contributed by atoms with Crippen LogP contribution in [0, 0.1) is 0 Å². The second-order valence-corrected chi connectivity index (χ2v) is 5.53. The van der Waals surface area contributed by atoms with E-state index in [0.29, 0.717) is 5.92 Å². The zero-order valence-electron chi connectivity index (χ0n) is 10.8. The molecule has 0 amide bonds. The lowest BCUT2D eigenvalue weighted by Crippen LogP contribution is -2.19. The Balaban J connectivity index is 1.57. The number of hydrogen-bond donors (Lipinski definition) is 1. The van der Waals surface area contributed by atoms with E-state index in [4.69, 9.17) is 0 Å². The monoisotopic (exact) mass is 272 g/mol. The van der Waals surface area contributed by atoms with Gasteiger partial charge in [-0.05, 0) is 12.1 Å². The van der Waals surface area contributed by atoms with E-state index in [1.54, 1.807) is 11.3 Å². The molecule has 0 radical (unpaired) electrons. The third kappa shape index (κ3) is 2.83. The lowest BCUT2D eigenvalue weighted by Gasteiger charge is -2.08. The van der Waals surface area contributed by atoms with E-state index in [1.807, 2.05) is 40.4 Å². The van der Waals surface area contributed by atoms with Gasteiger partial charge in [0.25, 0.3) is 0 Å². The molecule has 0 aromatic carbocycles. The molecule has 19 heavy (non-hydrogen) atoms. The van der Waals surface area contributed by atoms with E-state index in [-0.39, 0.29) is 0 Å². The molecule has 0 spiro atoms. The van der Waals surface area contributed by atoms with Gasteiger partial charge in [-0.2, -0.15) is 0 Å². The highest BCUT2D eigenvalue weighted by molar-refractivity contribution is 7.09. The lowest BCUT2D eigenvalue weighted by molar-refractivity contribution is 0.607. The van der Waals surface area contributed by atoms with Gasteiger partial charge >= 0.3 is 0 Å². The molecule has 1 unspecified atom stereocenters. The molecule has 3 rings (SSSR count). The normalized spacial score (nSPS) is 12.9.